The van der Waals surface area contributed by atoms with Crippen molar-refractivity contribution < 1.29 is 0 Å². The second-order valence-electron chi connectivity index (χ2n) is 2.51. The minimum absolute atomic E-state index is 0.813. The molecule has 0 saturated heterocycles. The van der Waals surface area contributed by atoms with Gasteiger partial charge in [0.2, 0.25) is 0 Å². The zero-order valence-corrected chi connectivity index (χ0v) is 5.20. The van der Waals surface area contributed by atoms with Gasteiger partial charge in [0.05, 0.1) is 5.52 Å². The molecule has 2 heterocycles. The summed E-state index contributed by atoms with van der Waals surface area (Å²) in [5.74, 6) is 1.09. The maximum Gasteiger partial charge on any atom is 0.184 e. The van der Waals surface area contributed by atoms with Crippen LogP contribution in [0.3, 0.4) is 0 Å². The van der Waals surface area contributed by atoms with E-state index in [2.05, 4.69) is 5.10 Å². The van der Waals surface area contributed by atoms with E-state index in [1.807, 2.05) is 22.9 Å². The normalized spacial score (nSPS) is 12.4. The predicted molar refractivity (Wildman–Crippen MR) is 39.0 cm³/mol. The molecule has 1 aromatic rings. The third-order valence-corrected chi connectivity index (χ3v) is 1.85. The first-order valence-corrected chi connectivity index (χ1v) is 3.15. The highest BCUT2D eigenvalue weighted by Crippen LogP contribution is 2.35. The molecule has 2 N–H and O–H groups in total. The number of anilines is 1. The van der Waals surface area contributed by atoms with Crippen LogP contribution in [0.5, 0.6) is 0 Å². The van der Waals surface area contributed by atoms with Crippen molar-refractivity contribution in [2.45, 2.75) is 0 Å². The number of nitrogen functional groups attached to an aromatic ring is 1. The van der Waals surface area contributed by atoms with E-state index in [-0.39, 0.29) is 0 Å². The first kappa shape index (κ1) is 4.33. The van der Waals surface area contributed by atoms with E-state index in [4.69, 9.17) is 5.73 Å². The van der Waals surface area contributed by atoms with Crippen LogP contribution in [0.25, 0.3) is 16.7 Å². The lowest BCUT2D eigenvalue weighted by Crippen LogP contribution is -1.90. The van der Waals surface area contributed by atoms with Gasteiger partial charge >= 0.3 is 0 Å². The van der Waals surface area contributed by atoms with Crippen LogP contribution in [-0.2, 0) is 0 Å². The third kappa shape index (κ3) is 0.301. The Kier molecular flexibility index (Phi) is 0.446. The summed E-state index contributed by atoms with van der Waals surface area (Å²) in [6, 6.07) is 5.84. The Hall–Kier alpha value is -1.51. The number of fused-ring (bicyclic) bond motifs is 4. The Bertz CT molecular complexity index is 428. The van der Waals surface area contributed by atoms with Crippen LogP contribution in [0, 0.1) is 0 Å². The molecule has 0 fully saturated rings. The SMILES string of the molecule is Nc1ccc2c(c1)c1nn2-1. The lowest BCUT2D eigenvalue weighted by Gasteiger charge is -2.00. The van der Waals surface area contributed by atoms with Gasteiger partial charge in [-0.05, 0) is 18.2 Å². The van der Waals surface area contributed by atoms with E-state index >= 15 is 0 Å². The number of nitrogens with zero attached hydrogens (tertiary/aromatic N) is 2. The summed E-state index contributed by atoms with van der Waals surface area (Å²) in [6.07, 6.45) is 0. The molecule has 0 bridgehead atoms. The van der Waals surface area contributed by atoms with Crippen LogP contribution in [-0.4, -0.2) is 9.78 Å². The quantitative estimate of drug-likeness (QED) is 0.461. The number of aromatic nitrogens is 2. The predicted octanol–water partition coefficient (Wildman–Crippen LogP) is 0.921. The molecule has 0 aromatic heterocycles. The highest BCUT2D eigenvalue weighted by molar-refractivity contribution is 5.98. The fourth-order valence-electron chi connectivity index (χ4n) is 1.27. The molecule has 3 heteroatoms. The number of nitrogens with two attached hydrogens (primary N) is 1. The average Bonchev–Trinajstić information content (AvgIpc) is 2.60. The summed E-state index contributed by atoms with van der Waals surface area (Å²) in [4.78, 5) is 0. The highest BCUT2D eigenvalue weighted by Gasteiger charge is 2.25. The van der Waals surface area contributed by atoms with E-state index in [1.165, 1.54) is 10.9 Å². The maximum absolute atomic E-state index is 5.57. The second kappa shape index (κ2) is 1.03. The van der Waals surface area contributed by atoms with Gasteiger partial charge in [0.15, 0.2) is 5.82 Å². The molecule has 2 aliphatic heterocycles. The van der Waals surface area contributed by atoms with E-state index in [9.17, 15) is 0 Å². The summed E-state index contributed by atoms with van der Waals surface area (Å²) >= 11 is 0. The van der Waals surface area contributed by atoms with Crippen molar-refractivity contribution in [1.82, 2.24) is 9.78 Å². The van der Waals surface area contributed by atoms with Crippen molar-refractivity contribution >= 4 is 16.6 Å². The Balaban J connectivity index is 2.55. The smallest absolute Gasteiger partial charge is 0.184 e. The maximum atomic E-state index is 5.57. The van der Waals surface area contributed by atoms with Gasteiger partial charge in [-0.1, -0.05) is 0 Å². The van der Waals surface area contributed by atoms with E-state index < -0.39 is 0 Å². The number of hydrogen-bond acceptors (Lipinski definition) is 2. The highest BCUT2D eigenvalue weighted by atomic mass is 15.5. The molecule has 0 unspecified atom stereocenters. The first-order chi connectivity index (χ1) is 4.86. The molecule has 48 valence electrons. The standard InChI is InChI=1S/C7H5N3/c8-4-1-2-6-5(3-4)7-9-10(6)7/h1-3H,8H2. The Morgan fingerprint density at radius 3 is 3.20 bits per heavy atom. The van der Waals surface area contributed by atoms with Crippen molar-refractivity contribution in [3.63, 3.8) is 0 Å². The summed E-state index contributed by atoms with van der Waals surface area (Å²) in [5.41, 5.74) is 7.57. The number of rotatable bonds is 0. The van der Waals surface area contributed by atoms with Crippen molar-refractivity contribution in [3.05, 3.63) is 18.2 Å². The van der Waals surface area contributed by atoms with Crippen LogP contribution >= 0.6 is 0 Å². The molecule has 0 spiro atoms. The fourth-order valence-corrected chi connectivity index (χ4v) is 1.27. The van der Waals surface area contributed by atoms with Gasteiger partial charge in [0, 0.05) is 11.1 Å². The zero-order valence-electron chi connectivity index (χ0n) is 5.20. The molecule has 3 nitrogen and oxygen atoms in total. The topological polar surface area (TPSA) is 43.8 Å². The van der Waals surface area contributed by atoms with Gasteiger partial charge in [-0.15, -0.1) is 5.10 Å². The minimum atomic E-state index is 0.813. The monoisotopic (exact) mass is 131 g/mol. The Morgan fingerprint density at radius 2 is 2.30 bits per heavy atom. The molecule has 0 atom stereocenters. The van der Waals surface area contributed by atoms with Crippen LogP contribution in [0.2, 0.25) is 0 Å². The van der Waals surface area contributed by atoms with E-state index in [0.717, 1.165) is 11.5 Å². The van der Waals surface area contributed by atoms with Gasteiger partial charge in [0.25, 0.3) is 0 Å². The molecule has 2 aliphatic rings. The van der Waals surface area contributed by atoms with Crippen LogP contribution in [0.1, 0.15) is 0 Å². The van der Waals surface area contributed by atoms with Crippen molar-refractivity contribution in [2.24, 2.45) is 0 Å². The van der Waals surface area contributed by atoms with Gasteiger partial charge in [-0.3, -0.25) is 0 Å². The zero-order chi connectivity index (χ0) is 6.72. The molecular formula is C7H5N3. The van der Waals surface area contributed by atoms with Gasteiger partial charge in [0.1, 0.15) is 0 Å². The van der Waals surface area contributed by atoms with Crippen molar-refractivity contribution in [1.29, 1.82) is 0 Å². The molecule has 1 aromatic carbocycles. The van der Waals surface area contributed by atoms with Gasteiger partial charge in [-0.25, -0.2) is 4.68 Å². The third-order valence-electron chi connectivity index (χ3n) is 1.85. The van der Waals surface area contributed by atoms with E-state index in [1.54, 1.807) is 0 Å². The van der Waals surface area contributed by atoms with Gasteiger partial charge < -0.3 is 5.73 Å². The lowest BCUT2D eigenvalue weighted by molar-refractivity contribution is 1.18. The summed E-state index contributed by atoms with van der Waals surface area (Å²) in [6.45, 7) is 0. The lowest BCUT2D eigenvalue weighted by atomic mass is 10.2. The average molecular weight is 131 g/mol. The summed E-state index contributed by atoms with van der Waals surface area (Å²) in [7, 11) is 0. The van der Waals surface area contributed by atoms with Crippen LogP contribution < -0.4 is 5.73 Å². The Labute approximate surface area is 57.1 Å². The molecule has 0 radical (unpaired) electrons. The molecule has 0 amide bonds. The number of benzene rings is 1. The molecule has 0 aliphatic carbocycles. The minimum Gasteiger partial charge on any atom is -0.399 e. The molecular weight excluding hydrogens is 126 g/mol. The molecule has 3 rings (SSSR count). The van der Waals surface area contributed by atoms with Gasteiger partial charge in [-0.2, -0.15) is 0 Å². The fraction of sp³-hybridized carbons (Fsp3) is 0. The number of hydrogen-bond donors (Lipinski definition) is 1. The largest absolute Gasteiger partial charge is 0.399 e. The summed E-state index contributed by atoms with van der Waals surface area (Å²) in [5, 5.41) is 5.26. The second-order valence-corrected chi connectivity index (χ2v) is 2.51. The van der Waals surface area contributed by atoms with Crippen molar-refractivity contribution in [2.75, 3.05) is 5.73 Å². The molecule has 10 heavy (non-hydrogen) atoms. The van der Waals surface area contributed by atoms with Crippen LogP contribution in [0.15, 0.2) is 18.2 Å². The Morgan fingerprint density at radius 1 is 1.40 bits per heavy atom. The van der Waals surface area contributed by atoms with Crippen LogP contribution in [0.4, 0.5) is 5.69 Å². The molecule has 0 saturated carbocycles. The summed E-state index contributed by atoms with van der Waals surface area (Å²) < 4.78 is 1.91. The van der Waals surface area contributed by atoms with Crippen molar-refractivity contribution in [3.8, 4) is 5.82 Å². The first-order valence-electron chi connectivity index (χ1n) is 3.15. The van der Waals surface area contributed by atoms with E-state index in [0.29, 0.717) is 0 Å².